The first kappa shape index (κ1) is 22.4. The van der Waals surface area contributed by atoms with Gasteiger partial charge < -0.3 is 15.5 Å². The number of benzene rings is 2. The Kier molecular flexibility index (Phi) is 6.65. The lowest BCUT2D eigenvalue weighted by Gasteiger charge is -2.31. The average Bonchev–Trinajstić information content (AvgIpc) is 2.84. The third-order valence-electron chi connectivity index (χ3n) is 5.26. The van der Waals surface area contributed by atoms with Crippen molar-refractivity contribution in [3.05, 3.63) is 54.1 Å². The second-order valence-electron chi connectivity index (χ2n) is 7.56. The summed E-state index contributed by atoms with van der Waals surface area (Å²) >= 11 is 0. The molecule has 0 aliphatic carbocycles. The quantitative estimate of drug-likeness (QED) is 0.764. The number of nitrogens with one attached hydrogen (secondary N) is 2. The first-order valence-corrected chi connectivity index (χ1v) is 9.85. The minimum atomic E-state index is -0.883. The maximum absolute atomic E-state index is 13.8. The molecule has 2 aromatic carbocycles. The molecule has 3 rings (SSSR count). The Balaban J connectivity index is 1.73. The number of hydrogen-bond donors (Lipinski definition) is 2. The zero-order valence-electron chi connectivity index (χ0n) is 17.5. The molecule has 9 heteroatoms. The van der Waals surface area contributed by atoms with E-state index < -0.39 is 29.3 Å². The van der Waals surface area contributed by atoms with Crippen LogP contribution in [0.5, 0.6) is 0 Å². The summed E-state index contributed by atoms with van der Waals surface area (Å²) in [5.74, 6) is -2.92. The van der Waals surface area contributed by atoms with Gasteiger partial charge in [0.25, 0.3) is 0 Å². The SMILES string of the molecule is C[C@@H]1CC(=O)Nc2ccccc2N1C(=O)CN(C)[C@@H](C)C(=O)Nc1c(F)cccc1F. The van der Waals surface area contributed by atoms with Crippen molar-refractivity contribution >= 4 is 34.8 Å². The van der Waals surface area contributed by atoms with E-state index in [1.54, 1.807) is 38.2 Å². The fraction of sp³-hybridized carbons (Fsp3) is 0.318. The molecule has 0 saturated heterocycles. The summed E-state index contributed by atoms with van der Waals surface area (Å²) in [6.45, 7) is 3.17. The van der Waals surface area contributed by atoms with E-state index in [-0.39, 0.29) is 30.8 Å². The molecule has 2 N–H and O–H groups in total. The highest BCUT2D eigenvalue weighted by Crippen LogP contribution is 2.31. The predicted molar refractivity (Wildman–Crippen MR) is 114 cm³/mol. The molecule has 1 heterocycles. The minimum Gasteiger partial charge on any atom is -0.324 e. The highest BCUT2D eigenvalue weighted by atomic mass is 19.1. The molecule has 31 heavy (non-hydrogen) atoms. The fourth-order valence-electron chi connectivity index (χ4n) is 3.44. The topological polar surface area (TPSA) is 81.8 Å². The first-order chi connectivity index (χ1) is 14.7. The van der Waals surface area contributed by atoms with Crippen molar-refractivity contribution in [3.63, 3.8) is 0 Å². The van der Waals surface area contributed by atoms with Crippen LogP contribution in [0.1, 0.15) is 20.3 Å². The molecule has 0 spiro atoms. The van der Waals surface area contributed by atoms with Crippen LogP contribution in [0.4, 0.5) is 25.8 Å². The first-order valence-electron chi connectivity index (χ1n) is 9.85. The van der Waals surface area contributed by atoms with Crippen molar-refractivity contribution in [2.45, 2.75) is 32.4 Å². The Hall–Kier alpha value is -3.33. The summed E-state index contributed by atoms with van der Waals surface area (Å²) in [7, 11) is 1.57. The third kappa shape index (κ3) is 4.88. The van der Waals surface area contributed by atoms with Gasteiger partial charge in [-0.3, -0.25) is 19.3 Å². The summed E-state index contributed by atoms with van der Waals surface area (Å²) in [6, 6.07) is 9.05. The predicted octanol–water partition coefficient (Wildman–Crippen LogP) is 2.99. The summed E-state index contributed by atoms with van der Waals surface area (Å²) in [4.78, 5) is 40.7. The van der Waals surface area contributed by atoms with Crippen LogP contribution in [0.3, 0.4) is 0 Å². The van der Waals surface area contributed by atoms with E-state index in [2.05, 4.69) is 10.6 Å². The van der Waals surface area contributed by atoms with Gasteiger partial charge in [0.05, 0.1) is 24.0 Å². The molecule has 0 aromatic heterocycles. The lowest BCUT2D eigenvalue weighted by Crippen LogP contribution is -2.48. The van der Waals surface area contributed by atoms with Gasteiger partial charge in [0, 0.05) is 12.5 Å². The van der Waals surface area contributed by atoms with Crippen molar-refractivity contribution in [1.29, 1.82) is 0 Å². The van der Waals surface area contributed by atoms with Gasteiger partial charge in [-0.15, -0.1) is 0 Å². The molecule has 164 valence electrons. The van der Waals surface area contributed by atoms with Gasteiger partial charge >= 0.3 is 0 Å². The van der Waals surface area contributed by atoms with Crippen LogP contribution in [0.2, 0.25) is 0 Å². The molecular weight excluding hydrogens is 406 g/mol. The van der Waals surface area contributed by atoms with Gasteiger partial charge in [-0.2, -0.15) is 0 Å². The summed E-state index contributed by atoms with van der Waals surface area (Å²) in [5.41, 5.74) is 0.581. The van der Waals surface area contributed by atoms with Gasteiger partial charge in [-0.1, -0.05) is 18.2 Å². The smallest absolute Gasteiger partial charge is 0.241 e. The van der Waals surface area contributed by atoms with Gasteiger partial charge in [0.1, 0.15) is 17.3 Å². The molecule has 0 fully saturated rings. The summed E-state index contributed by atoms with van der Waals surface area (Å²) < 4.78 is 27.6. The number of hydrogen-bond acceptors (Lipinski definition) is 4. The number of likely N-dealkylation sites (N-methyl/N-ethyl adjacent to an activating group) is 1. The molecule has 0 unspecified atom stereocenters. The number of fused-ring (bicyclic) bond motifs is 1. The van der Waals surface area contributed by atoms with Crippen LogP contribution in [0.15, 0.2) is 42.5 Å². The highest BCUT2D eigenvalue weighted by Gasteiger charge is 2.31. The Bertz CT molecular complexity index is 994. The zero-order chi connectivity index (χ0) is 22.7. The number of carbonyl (C=O) groups is 3. The molecule has 1 aliphatic rings. The van der Waals surface area contributed by atoms with Gasteiger partial charge in [-0.25, -0.2) is 8.78 Å². The van der Waals surface area contributed by atoms with Gasteiger partial charge in [-0.05, 0) is 45.2 Å². The van der Waals surface area contributed by atoms with Crippen LogP contribution in [0.25, 0.3) is 0 Å². The largest absolute Gasteiger partial charge is 0.324 e. The Labute approximate surface area is 179 Å². The van der Waals surface area contributed by atoms with Crippen LogP contribution < -0.4 is 15.5 Å². The van der Waals surface area contributed by atoms with Crippen molar-refractivity contribution < 1.29 is 23.2 Å². The molecule has 0 saturated carbocycles. The van der Waals surface area contributed by atoms with Crippen molar-refractivity contribution in [2.75, 3.05) is 29.1 Å². The van der Waals surface area contributed by atoms with Gasteiger partial charge in [0.2, 0.25) is 17.7 Å². The highest BCUT2D eigenvalue weighted by molar-refractivity contribution is 6.05. The molecule has 2 atom stereocenters. The van der Waals surface area contributed by atoms with E-state index in [0.717, 1.165) is 12.1 Å². The minimum absolute atomic E-state index is 0.132. The van der Waals surface area contributed by atoms with Crippen molar-refractivity contribution in [1.82, 2.24) is 4.90 Å². The Morgan fingerprint density at radius 2 is 1.84 bits per heavy atom. The molecule has 0 bridgehead atoms. The van der Waals surface area contributed by atoms with E-state index in [1.807, 2.05) is 0 Å². The van der Waals surface area contributed by atoms with Crippen LogP contribution >= 0.6 is 0 Å². The number of anilines is 3. The lowest BCUT2D eigenvalue weighted by atomic mass is 10.1. The summed E-state index contributed by atoms with van der Waals surface area (Å²) in [5, 5.41) is 5.03. The van der Waals surface area contributed by atoms with Gasteiger partial charge in [0.15, 0.2) is 0 Å². The van der Waals surface area contributed by atoms with E-state index >= 15 is 0 Å². The summed E-state index contributed by atoms with van der Waals surface area (Å²) in [6.07, 6.45) is 0.132. The maximum Gasteiger partial charge on any atom is 0.241 e. The number of carbonyl (C=O) groups excluding carboxylic acids is 3. The number of halogens is 2. The van der Waals surface area contributed by atoms with Crippen LogP contribution in [0, 0.1) is 11.6 Å². The van der Waals surface area contributed by atoms with Crippen molar-refractivity contribution in [2.24, 2.45) is 0 Å². The molecule has 1 aliphatic heterocycles. The number of amides is 3. The number of nitrogens with zero attached hydrogens (tertiary/aromatic N) is 2. The fourth-order valence-corrected chi connectivity index (χ4v) is 3.44. The van der Waals surface area contributed by atoms with Crippen LogP contribution in [-0.2, 0) is 14.4 Å². The molecular formula is C22H24F2N4O3. The second kappa shape index (κ2) is 9.22. The lowest BCUT2D eigenvalue weighted by molar-refractivity contribution is -0.123. The second-order valence-corrected chi connectivity index (χ2v) is 7.56. The molecule has 2 aromatic rings. The van der Waals surface area contributed by atoms with Crippen LogP contribution in [-0.4, -0.2) is 48.3 Å². The van der Waals surface area contributed by atoms with E-state index in [0.29, 0.717) is 11.4 Å². The molecule has 7 nitrogen and oxygen atoms in total. The maximum atomic E-state index is 13.8. The monoisotopic (exact) mass is 430 g/mol. The van der Waals surface area contributed by atoms with Crippen molar-refractivity contribution in [3.8, 4) is 0 Å². The third-order valence-corrected chi connectivity index (χ3v) is 5.26. The van der Waals surface area contributed by atoms with E-state index in [9.17, 15) is 23.2 Å². The van der Waals surface area contributed by atoms with E-state index in [1.165, 1.54) is 22.8 Å². The number of rotatable bonds is 5. The normalized spacial score (nSPS) is 16.9. The molecule has 0 radical (unpaired) electrons. The number of para-hydroxylation sites is 3. The molecule has 3 amide bonds. The Morgan fingerprint density at radius 3 is 2.52 bits per heavy atom. The Morgan fingerprint density at radius 1 is 1.19 bits per heavy atom. The average molecular weight is 430 g/mol. The van der Waals surface area contributed by atoms with E-state index in [4.69, 9.17) is 0 Å². The zero-order valence-corrected chi connectivity index (χ0v) is 17.5. The standard InChI is InChI=1S/C22H24F2N4O3/c1-13-11-19(29)25-17-9-4-5-10-18(17)28(13)20(30)12-27(3)14(2)22(31)26-21-15(23)7-6-8-16(21)24/h4-10,13-14H,11-12H2,1-3H3,(H,25,29)(H,26,31)/t13-,14+/m1/s1.